The van der Waals surface area contributed by atoms with Gasteiger partial charge in [-0.05, 0) is 13.5 Å². The maximum Gasteiger partial charge on any atom is 0.0897 e. The summed E-state index contributed by atoms with van der Waals surface area (Å²) in [6, 6.07) is 0. The van der Waals surface area contributed by atoms with Crippen molar-refractivity contribution in [2.45, 2.75) is 26.5 Å². The molecule has 1 aromatic heterocycles. The van der Waals surface area contributed by atoms with E-state index in [1.54, 1.807) is 11.3 Å². The molecule has 5 heteroatoms. The van der Waals surface area contributed by atoms with E-state index < -0.39 is 0 Å². The van der Waals surface area contributed by atoms with Crippen LogP contribution in [0, 0.1) is 6.92 Å². The van der Waals surface area contributed by atoms with Crippen LogP contribution in [0.15, 0.2) is 5.38 Å². The largest absolute Gasteiger partial charge is 0.374 e. The third kappa shape index (κ3) is 4.03. The zero-order chi connectivity index (χ0) is 12.1. The first-order valence-corrected chi connectivity index (χ1v) is 7.11. The van der Waals surface area contributed by atoms with Gasteiger partial charge in [0.05, 0.1) is 23.4 Å². The van der Waals surface area contributed by atoms with Crippen molar-refractivity contribution in [2.24, 2.45) is 0 Å². The molecule has 0 aliphatic carbocycles. The van der Waals surface area contributed by atoms with Crippen molar-refractivity contribution in [1.29, 1.82) is 0 Å². The number of likely N-dealkylation sites (N-methyl/N-ethyl adjacent to an activating group) is 1. The molecule has 1 aliphatic heterocycles. The summed E-state index contributed by atoms with van der Waals surface area (Å²) in [4.78, 5) is 6.86. The molecule has 0 spiro atoms. The standard InChI is InChI=1S/C12H21N3OS/c1-3-15-4-5-16-12(8-15)7-13-6-11-9-17-10(2)14-11/h9,12-13H,3-8H2,1-2H3/t12-/m1/s1. The fourth-order valence-electron chi connectivity index (χ4n) is 2.04. The summed E-state index contributed by atoms with van der Waals surface area (Å²) in [6.07, 6.45) is 0.323. The second-order valence-electron chi connectivity index (χ2n) is 4.37. The Labute approximate surface area is 107 Å². The maximum atomic E-state index is 5.73. The molecule has 0 bridgehead atoms. The van der Waals surface area contributed by atoms with Gasteiger partial charge in [0.2, 0.25) is 0 Å². The number of aromatic nitrogens is 1. The highest BCUT2D eigenvalue weighted by Gasteiger charge is 2.18. The lowest BCUT2D eigenvalue weighted by molar-refractivity contribution is -0.0254. The minimum atomic E-state index is 0.323. The van der Waals surface area contributed by atoms with E-state index in [2.05, 4.69) is 27.5 Å². The molecule has 0 unspecified atom stereocenters. The van der Waals surface area contributed by atoms with Crippen LogP contribution in [0.2, 0.25) is 0 Å². The number of ether oxygens (including phenoxy) is 1. The summed E-state index contributed by atoms with van der Waals surface area (Å²) < 4.78 is 5.73. The molecule has 0 radical (unpaired) electrons. The highest BCUT2D eigenvalue weighted by atomic mass is 32.1. The van der Waals surface area contributed by atoms with Crippen LogP contribution in [-0.4, -0.2) is 48.8 Å². The highest BCUT2D eigenvalue weighted by Crippen LogP contribution is 2.08. The van der Waals surface area contributed by atoms with Crippen LogP contribution in [-0.2, 0) is 11.3 Å². The van der Waals surface area contributed by atoms with Crippen LogP contribution in [0.3, 0.4) is 0 Å². The normalized spacial score (nSPS) is 21.9. The van der Waals surface area contributed by atoms with Crippen molar-refractivity contribution in [3.8, 4) is 0 Å². The number of thiazole rings is 1. The Bertz CT molecular complexity index is 342. The van der Waals surface area contributed by atoms with Crippen molar-refractivity contribution in [2.75, 3.05) is 32.8 Å². The van der Waals surface area contributed by atoms with Crippen molar-refractivity contribution in [3.05, 3.63) is 16.1 Å². The van der Waals surface area contributed by atoms with Gasteiger partial charge >= 0.3 is 0 Å². The van der Waals surface area contributed by atoms with Crippen molar-refractivity contribution in [3.63, 3.8) is 0 Å². The van der Waals surface area contributed by atoms with Crippen molar-refractivity contribution in [1.82, 2.24) is 15.2 Å². The monoisotopic (exact) mass is 255 g/mol. The van der Waals surface area contributed by atoms with Crippen LogP contribution < -0.4 is 5.32 Å². The lowest BCUT2D eigenvalue weighted by atomic mass is 10.2. The Kier molecular flexibility index (Phi) is 4.91. The number of rotatable bonds is 5. The van der Waals surface area contributed by atoms with E-state index in [-0.39, 0.29) is 0 Å². The van der Waals surface area contributed by atoms with Gasteiger partial charge in [-0.25, -0.2) is 4.98 Å². The summed E-state index contributed by atoms with van der Waals surface area (Å²) in [5, 5.41) is 6.67. The number of nitrogens with zero attached hydrogens (tertiary/aromatic N) is 2. The Morgan fingerprint density at radius 1 is 1.65 bits per heavy atom. The maximum absolute atomic E-state index is 5.73. The fraction of sp³-hybridized carbons (Fsp3) is 0.750. The third-order valence-electron chi connectivity index (χ3n) is 3.01. The Morgan fingerprint density at radius 3 is 3.24 bits per heavy atom. The summed E-state index contributed by atoms with van der Waals surface area (Å²) in [6.45, 7) is 10.1. The molecule has 2 heterocycles. The zero-order valence-electron chi connectivity index (χ0n) is 10.6. The Hall–Kier alpha value is -0.490. The molecule has 0 aromatic carbocycles. The van der Waals surface area contributed by atoms with Gasteiger partial charge in [0.25, 0.3) is 0 Å². The average molecular weight is 255 g/mol. The van der Waals surface area contributed by atoms with Gasteiger partial charge in [0.15, 0.2) is 0 Å². The van der Waals surface area contributed by atoms with E-state index >= 15 is 0 Å². The van der Waals surface area contributed by atoms with E-state index in [9.17, 15) is 0 Å². The summed E-state index contributed by atoms with van der Waals surface area (Å²) in [5.74, 6) is 0. The lowest BCUT2D eigenvalue weighted by Crippen LogP contribution is -2.46. The van der Waals surface area contributed by atoms with Gasteiger partial charge in [0.1, 0.15) is 0 Å². The van der Waals surface area contributed by atoms with Crippen molar-refractivity contribution >= 4 is 11.3 Å². The zero-order valence-corrected chi connectivity index (χ0v) is 11.4. The van der Waals surface area contributed by atoms with Gasteiger partial charge in [-0.2, -0.15) is 0 Å². The molecular weight excluding hydrogens is 234 g/mol. The van der Waals surface area contributed by atoms with Gasteiger partial charge < -0.3 is 10.1 Å². The Morgan fingerprint density at radius 2 is 2.53 bits per heavy atom. The minimum absolute atomic E-state index is 0.323. The molecule has 1 N–H and O–H groups in total. The average Bonchev–Trinajstić information content (AvgIpc) is 2.75. The molecule has 96 valence electrons. The summed E-state index contributed by atoms with van der Waals surface area (Å²) in [7, 11) is 0. The van der Waals surface area contributed by atoms with Gasteiger partial charge in [-0.1, -0.05) is 6.92 Å². The van der Waals surface area contributed by atoms with Crippen LogP contribution in [0.1, 0.15) is 17.6 Å². The first-order chi connectivity index (χ1) is 8.28. The van der Waals surface area contributed by atoms with Crippen LogP contribution in [0.25, 0.3) is 0 Å². The first kappa shape index (κ1) is 13.0. The van der Waals surface area contributed by atoms with Crippen LogP contribution in [0.5, 0.6) is 0 Å². The predicted octanol–water partition coefficient (Wildman–Crippen LogP) is 1.26. The van der Waals surface area contributed by atoms with Gasteiger partial charge in [-0.15, -0.1) is 11.3 Å². The number of aryl methyl sites for hydroxylation is 1. The molecule has 1 fully saturated rings. The predicted molar refractivity (Wildman–Crippen MR) is 70.4 cm³/mol. The van der Waals surface area contributed by atoms with Gasteiger partial charge in [0, 0.05) is 31.6 Å². The minimum Gasteiger partial charge on any atom is -0.374 e. The topological polar surface area (TPSA) is 37.4 Å². The quantitative estimate of drug-likeness (QED) is 0.859. The molecule has 2 rings (SSSR count). The number of nitrogens with one attached hydrogen (secondary N) is 1. The van der Waals surface area contributed by atoms with Gasteiger partial charge in [-0.3, -0.25) is 4.90 Å². The second-order valence-corrected chi connectivity index (χ2v) is 5.44. The highest BCUT2D eigenvalue weighted by molar-refractivity contribution is 7.09. The molecule has 1 aromatic rings. The van der Waals surface area contributed by atoms with Crippen LogP contribution in [0.4, 0.5) is 0 Å². The van der Waals surface area contributed by atoms with E-state index in [0.717, 1.165) is 50.0 Å². The van der Waals surface area contributed by atoms with Crippen molar-refractivity contribution < 1.29 is 4.74 Å². The molecular formula is C12H21N3OS. The lowest BCUT2D eigenvalue weighted by Gasteiger charge is -2.32. The molecule has 1 saturated heterocycles. The molecule has 4 nitrogen and oxygen atoms in total. The third-order valence-corrected chi connectivity index (χ3v) is 3.84. The molecule has 1 aliphatic rings. The molecule has 0 saturated carbocycles. The fourth-order valence-corrected chi connectivity index (χ4v) is 2.65. The summed E-state index contributed by atoms with van der Waals surface area (Å²) >= 11 is 1.70. The van der Waals surface area contributed by atoms with Crippen LogP contribution >= 0.6 is 11.3 Å². The van der Waals surface area contributed by atoms with E-state index in [1.807, 2.05) is 6.92 Å². The second kappa shape index (κ2) is 6.44. The number of hydrogen-bond donors (Lipinski definition) is 1. The SMILES string of the molecule is CCN1CCO[C@H](CNCc2csc(C)n2)C1. The van der Waals surface area contributed by atoms with E-state index in [0.29, 0.717) is 6.10 Å². The molecule has 1 atom stereocenters. The molecule has 17 heavy (non-hydrogen) atoms. The van der Waals surface area contributed by atoms with E-state index in [1.165, 1.54) is 0 Å². The summed E-state index contributed by atoms with van der Waals surface area (Å²) in [5.41, 5.74) is 1.13. The Balaban J connectivity index is 1.68. The van der Waals surface area contributed by atoms with E-state index in [4.69, 9.17) is 4.74 Å². The number of hydrogen-bond acceptors (Lipinski definition) is 5. The molecule has 0 amide bonds. The smallest absolute Gasteiger partial charge is 0.0897 e. The first-order valence-electron chi connectivity index (χ1n) is 6.23. The number of morpholine rings is 1.